The van der Waals surface area contributed by atoms with Crippen LogP contribution >= 0.6 is 0 Å². The van der Waals surface area contributed by atoms with E-state index in [1.165, 1.54) is 103 Å². The highest BCUT2D eigenvalue weighted by Crippen LogP contribution is 2.51. The van der Waals surface area contributed by atoms with Gasteiger partial charge in [-0.2, -0.15) is 5.26 Å². The first-order valence-electron chi connectivity index (χ1n) is 11.1. The molecule has 0 heterocycles. The second kappa shape index (κ2) is 10.5. The molecule has 2 aliphatic rings. The van der Waals surface area contributed by atoms with Gasteiger partial charge in [-0.15, -0.1) is 0 Å². The molecule has 2 aliphatic carbocycles. The Balaban J connectivity index is 1.73. The zero-order chi connectivity index (χ0) is 17.3. The fraction of sp³-hybridized carbons (Fsp3) is 0.957. The summed E-state index contributed by atoms with van der Waals surface area (Å²) in [5, 5.41) is 9.82. The van der Waals surface area contributed by atoms with Crippen LogP contribution < -0.4 is 0 Å². The van der Waals surface area contributed by atoms with Crippen molar-refractivity contribution in [1.29, 1.82) is 5.26 Å². The molecule has 0 spiro atoms. The molecule has 4 atom stereocenters. The SMILES string of the molecule is CCCCCCCC1CCC2CC(C#N)(CCCCC)CCC2C1. The van der Waals surface area contributed by atoms with Crippen LogP contribution in [-0.2, 0) is 0 Å². The van der Waals surface area contributed by atoms with E-state index >= 15 is 0 Å². The third kappa shape index (κ3) is 5.79. The summed E-state index contributed by atoms with van der Waals surface area (Å²) in [6, 6.07) is 2.77. The van der Waals surface area contributed by atoms with Crippen molar-refractivity contribution >= 4 is 0 Å². The predicted octanol–water partition coefficient (Wildman–Crippen LogP) is 7.65. The lowest BCUT2D eigenvalue weighted by atomic mass is 9.58. The van der Waals surface area contributed by atoms with E-state index in [0.717, 1.165) is 17.8 Å². The Hall–Kier alpha value is -0.510. The quantitative estimate of drug-likeness (QED) is 0.377. The first kappa shape index (κ1) is 19.8. The number of hydrogen-bond donors (Lipinski definition) is 0. The lowest BCUT2D eigenvalue weighted by Gasteiger charge is -2.45. The number of fused-ring (bicyclic) bond motifs is 1. The van der Waals surface area contributed by atoms with Crippen molar-refractivity contribution < 1.29 is 0 Å². The lowest BCUT2D eigenvalue weighted by molar-refractivity contribution is 0.0615. The standard InChI is InChI=1S/C23H41N/c1-3-5-7-8-9-11-20-12-13-22-18-23(19-24,15-10-6-4-2)16-14-21(22)17-20/h20-22H,3-18H2,1-2H3. The molecule has 0 N–H and O–H groups in total. The maximum atomic E-state index is 9.82. The van der Waals surface area contributed by atoms with E-state index in [1.807, 2.05) is 0 Å². The molecule has 1 heteroatoms. The van der Waals surface area contributed by atoms with Gasteiger partial charge in [0, 0.05) is 0 Å². The number of nitriles is 1. The second-order valence-corrected chi connectivity index (χ2v) is 8.99. The molecule has 2 saturated carbocycles. The van der Waals surface area contributed by atoms with Crippen LogP contribution in [0, 0.1) is 34.5 Å². The van der Waals surface area contributed by atoms with Gasteiger partial charge in [-0.05, 0) is 56.3 Å². The summed E-state index contributed by atoms with van der Waals surface area (Å²) in [5.74, 6) is 2.82. The molecule has 0 aliphatic heterocycles. The molecule has 0 aromatic heterocycles. The van der Waals surface area contributed by atoms with Crippen LogP contribution in [0.3, 0.4) is 0 Å². The molecule has 0 bridgehead atoms. The molecule has 1 nitrogen and oxygen atoms in total. The van der Waals surface area contributed by atoms with Gasteiger partial charge in [0.05, 0.1) is 11.5 Å². The van der Waals surface area contributed by atoms with Crippen LogP contribution in [0.15, 0.2) is 0 Å². The number of unbranched alkanes of at least 4 members (excludes halogenated alkanes) is 6. The second-order valence-electron chi connectivity index (χ2n) is 8.99. The fourth-order valence-corrected chi connectivity index (χ4v) is 5.51. The van der Waals surface area contributed by atoms with Crippen LogP contribution in [0.1, 0.15) is 117 Å². The molecule has 4 unspecified atom stereocenters. The Kier molecular flexibility index (Phi) is 8.65. The van der Waals surface area contributed by atoms with Gasteiger partial charge >= 0.3 is 0 Å². The van der Waals surface area contributed by atoms with Gasteiger partial charge in [-0.3, -0.25) is 0 Å². The van der Waals surface area contributed by atoms with Crippen molar-refractivity contribution in [3.05, 3.63) is 0 Å². The molecule has 2 rings (SSSR count). The van der Waals surface area contributed by atoms with Crippen LogP contribution in [-0.4, -0.2) is 0 Å². The normalized spacial score (nSPS) is 33.0. The van der Waals surface area contributed by atoms with Gasteiger partial charge in [0.25, 0.3) is 0 Å². The van der Waals surface area contributed by atoms with Crippen molar-refractivity contribution in [2.45, 2.75) is 117 Å². The average molecular weight is 332 g/mol. The van der Waals surface area contributed by atoms with E-state index in [-0.39, 0.29) is 5.41 Å². The van der Waals surface area contributed by atoms with E-state index in [0.29, 0.717) is 0 Å². The highest BCUT2D eigenvalue weighted by Gasteiger charge is 2.42. The molecule has 2 fully saturated rings. The Bertz CT molecular complexity index is 382. The number of nitrogens with zero attached hydrogens (tertiary/aromatic N) is 1. The zero-order valence-corrected chi connectivity index (χ0v) is 16.5. The predicted molar refractivity (Wildman–Crippen MR) is 104 cm³/mol. The van der Waals surface area contributed by atoms with Crippen LogP contribution in [0.5, 0.6) is 0 Å². The van der Waals surface area contributed by atoms with Crippen molar-refractivity contribution in [3.63, 3.8) is 0 Å². The maximum Gasteiger partial charge on any atom is 0.0689 e. The largest absolute Gasteiger partial charge is 0.198 e. The average Bonchev–Trinajstić information content (AvgIpc) is 2.62. The molecule has 0 amide bonds. The summed E-state index contributed by atoms with van der Waals surface area (Å²) in [4.78, 5) is 0. The van der Waals surface area contributed by atoms with E-state index in [4.69, 9.17) is 0 Å². The summed E-state index contributed by atoms with van der Waals surface area (Å²) in [6.07, 6.45) is 21.7. The van der Waals surface area contributed by atoms with Gasteiger partial charge in [0.15, 0.2) is 0 Å². The van der Waals surface area contributed by atoms with Gasteiger partial charge in [0.2, 0.25) is 0 Å². The smallest absolute Gasteiger partial charge is 0.0689 e. The summed E-state index contributed by atoms with van der Waals surface area (Å²) >= 11 is 0. The first-order valence-corrected chi connectivity index (χ1v) is 11.1. The lowest BCUT2D eigenvalue weighted by Crippen LogP contribution is -2.36. The molecule has 0 radical (unpaired) electrons. The minimum Gasteiger partial charge on any atom is -0.198 e. The Morgan fingerprint density at radius 2 is 1.62 bits per heavy atom. The number of rotatable bonds is 10. The molecule has 24 heavy (non-hydrogen) atoms. The molecule has 0 aromatic carbocycles. The van der Waals surface area contributed by atoms with Crippen LogP contribution in [0.25, 0.3) is 0 Å². The maximum absolute atomic E-state index is 9.82. The van der Waals surface area contributed by atoms with Gasteiger partial charge in [0.1, 0.15) is 0 Å². The molecule has 0 aromatic rings. The van der Waals surface area contributed by atoms with E-state index in [2.05, 4.69) is 19.9 Å². The topological polar surface area (TPSA) is 23.8 Å². The third-order valence-corrected chi connectivity index (χ3v) is 7.11. The zero-order valence-electron chi connectivity index (χ0n) is 16.5. The van der Waals surface area contributed by atoms with E-state index in [9.17, 15) is 5.26 Å². The van der Waals surface area contributed by atoms with Gasteiger partial charge < -0.3 is 0 Å². The van der Waals surface area contributed by atoms with Gasteiger partial charge in [-0.1, -0.05) is 78.1 Å². The summed E-state index contributed by atoms with van der Waals surface area (Å²) in [5.41, 5.74) is 0.0450. The van der Waals surface area contributed by atoms with Crippen molar-refractivity contribution in [2.24, 2.45) is 23.2 Å². The summed E-state index contributed by atoms with van der Waals surface area (Å²) in [7, 11) is 0. The third-order valence-electron chi connectivity index (χ3n) is 7.11. The van der Waals surface area contributed by atoms with Crippen molar-refractivity contribution in [1.82, 2.24) is 0 Å². The van der Waals surface area contributed by atoms with E-state index < -0.39 is 0 Å². The molecular weight excluding hydrogens is 290 g/mol. The Morgan fingerprint density at radius 3 is 2.38 bits per heavy atom. The van der Waals surface area contributed by atoms with Crippen molar-refractivity contribution in [3.8, 4) is 6.07 Å². The fourth-order valence-electron chi connectivity index (χ4n) is 5.51. The number of hydrogen-bond acceptors (Lipinski definition) is 1. The first-order chi connectivity index (χ1) is 11.7. The van der Waals surface area contributed by atoms with E-state index in [1.54, 1.807) is 0 Å². The van der Waals surface area contributed by atoms with Crippen LogP contribution in [0.4, 0.5) is 0 Å². The Labute approximate surface area is 151 Å². The molecule has 138 valence electrons. The molecular formula is C23H41N. The summed E-state index contributed by atoms with van der Waals surface area (Å²) < 4.78 is 0. The highest BCUT2D eigenvalue weighted by atomic mass is 14.5. The minimum atomic E-state index is 0.0450. The minimum absolute atomic E-state index is 0.0450. The monoisotopic (exact) mass is 331 g/mol. The summed E-state index contributed by atoms with van der Waals surface area (Å²) in [6.45, 7) is 4.56. The van der Waals surface area contributed by atoms with Crippen LogP contribution in [0.2, 0.25) is 0 Å². The van der Waals surface area contributed by atoms with Crippen molar-refractivity contribution in [2.75, 3.05) is 0 Å². The Morgan fingerprint density at radius 1 is 0.875 bits per heavy atom. The highest BCUT2D eigenvalue weighted by molar-refractivity contribution is 5.04. The van der Waals surface area contributed by atoms with Gasteiger partial charge in [-0.25, -0.2) is 0 Å². The molecule has 0 saturated heterocycles.